The Kier molecular flexibility index (Phi) is 13.6. The minimum absolute atomic E-state index is 0.103. The van der Waals surface area contributed by atoms with Crippen molar-refractivity contribution in [1.82, 2.24) is 10.2 Å². The Hall–Kier alpha value is -4.24. The van der Waals surface area contributed by atoms with Crippen molar-refractivity contribution in [2.45, 2.75) is 112 Å². The Morgan fingerprint density at radius 2 is 1.94 bits per heavy atom. The topological polar surface area (TPSA) is 146 Å². The molecule has 2 aromatic carbocycles. The van der Waals surface area contributed by atoms with E-state index in [4.69, 9.17) is 31.3 Å². The fourth-order valence-electron chi connectivity index (χ4n) is 8.10. The van der Waals surface area contributed by atoms with Crippen molar-refractivity contribution in [2.24, 2.45) is 16.6 Å². The van der Waals surface area contributed by atoms with Gasteiger partial charge in [0.15, 0.2) is 5.88 Å². The van der Waals surface area contributed by atoms with Crippen LogP contribution in [-0.4, -0.2) is 48.2 Å². The maximum atomic E-state index is 15.1. The minimum atomic E-state index is -0.383. The van der Waals surface area contributed by atoms with Crippen LogP contribution in [0.25, 0.3) is 21.2 Å². The fraction of sp³-hybridized carbons (Fsp3) is 0.512. The molecule has 3 aliphatic heterocycles. The van der Waals surface area contributed by atoms with E-state index in [0.29, 0.717) is 70.2 Å². The van der Waals surface area contributed by atoms with Gasteiger partial charge in [0.2, 0.25) is 0 Å². The van der Waals surface area contributed by atoms with E-state index >= 15 is 4.39 Å². The zero-order chi connectivity index (χ0) is 39.2. The number of halogens is 1. The molecular weight excluding hydrogens is 698 g/mol. The molecule has 3 aliphatic rings. The molecule has 3 aromatic rings. The van der Waals surface area contributed by atoms with E-state index in [0.717, 1.165) is 101 Å². The molecule has 0 amide bonds. The zero-order valence-corrected chi connectivity index (χ0v) is 33.8. The highest BCUT2D eigenvalue weighted by atomic mass is 32.1. The Labute approximate surface area is 324 Å². The van der Waals surface area contributed by atoms with Gasteiger partial charge in [0.25, 0.3) is 0 Å². The van der Waals surface area contributed by atoms with Crippen molar-refractivity contribution in [1.29, 1.82) is 10.7 Å². The quantitative estimate of drug-likeness (QED) is 0.0773. The molecule has 6 rings (SSSR count). The maximum absolute atomic E-state index is 15.1. The van der Waals surface area contributed by atoms with Gasteiger partial charge in [-0.3, -0.25) is 9.89 Å². The van der Waals surface area contributed by atoms with E-state index in [1.807, 2.05) is 6.92 Å². The monoisotopic (exact) mass is 755 g/mol. The van der Waals surface area contributed by atoms with Gasteiger partial charge in [-0.25, -0.2) is 4.39 Å². The van der Waals surface area contributed by atoms with E-state index in [1.165, 1.54) is 18.9 Å². The van der Waals surface area contributed by atoms with Crippen molar-refractivity contribution >= 4 is 38.0 Å². The Morgan fingerprint density at radius 3 is 2.54 bits per heavy atom. The Balaban J connectivity index is 0.000000730. The number of nitrogens with two attached hydrogens (primary N) is 2. The predicted molar refractivity (Wildman–Crippen MR) is 221 cm³/mol. The number of ether oxygens (including phenoxy) is 2. The molecule has 1 atom stereocenters. The van der Waals surface area contributed by atoms with E-state index in [-0.39, 0.29) is 17.9 Å². The number of hydrogen-bond acceptors (Lipinski definition) is 9. The van der Waals surface area contributed by atoms with Crippen LogP contribution in [-0.2, 0) is 29.1 Å². The van der Waals surface area contributed by atoms with E-state index in [1.54, 1.807) is 6.07 Å². The first-order chi connectivity index (χ1) is 25.9. The Bertz CT molecular complexity index is 1980. The molecule has 9 nitrogen and oxygen atoms in total. The molecule has 54 heavy (non-hydrogen) atoms. The summed E-state index contributed by atoms with van der Waals surface area (Å²) >= 11 is 1.12. The van der Waals surface area contributed by atoms with Gasteiger partial charge in [-0.2, -0.15) is 5.26 Å². The van der Waals surface area contributed by atoms with E-state index in [9.17, 15) is 5.26 Å². The van der Waals surface area contributed by atoms with Gasteiger partial charge >= 0.3 is 0 Å². The summed E-state index contributed by atoms with van der Waals surface area (Å²) in [6.45, 7) is 20.2. The van der Waals surface area contributed by atoms with Crippen molar-refractivity contribution in [3.63, 3.8) is 0 Å². The van der Waals surface area contributed by atoms with Crippen LogP contribution in [0, 0.1) is 35.4 Å². The van der Waals surface area contributed by atoms with Gasteiger partial charge < -0.3 is 31.7 Å². The lowest BCUT2D eigenvalue weighted by atomic mass is 9.82. The molecular formula is C43H58FN7O2S. The number of aliphatic imine (C=N–C) groups is 1. The molecule has 2 saturated heterocycles. The summed E-state index contributed by atoms with van der Waals surface area (Å²) in [6.07, 6.45) is 10.5. The first-order valence-electron chi connectivity index (χ1n) is 19.4. The molecule has 2 fully saturated rings. The highest BCUT2D eigenvalue weighted by Gasteiger charge is 2.45. The van der Waals surface area contributed by atoms with Crippen LogP contribution in [0.2, 0.25) is 0 Å². The van der Waals surface area contributed by atoms with Gasteiger partial charge in [-0.15, -0.1) is 11.3 Å². The number of thiophene rings is 1. The number of hydrogen-bond donors (Lipinski definition) is 4. The minimum Gasteiger partial charge on any atom is -0.477 e. The fourth-order valence-corrected chi connectivity index (χ4v) is 9.05. The smallest absolute Gasteiger partial charge is 0.188 e. The second kappa shape index (κ2) is 17.9. The number of amidine groups is 1. The summed E-state index contributed by atoms with van der Waals surface area (Å²) < 4.78 is 28.3. The van der Waals surface area contributed by atoms with E-state index < -0.39 is 0 Å². The lowest BCUT2D eigenvalue weighted by Gasteiger charge is -2.32. The maximum Gasteiger partial charge on any atom is 0.188 e. The molecule has 0 bridgehead atoms. The number of nitriles is 1. The third kappa shape index (κ3) is 8.36. The molecule has 6 N–H and O–H groups in total. The van der Waals surface area contributed by atoms with Crippen LogP contribution in [0.4, 0.5) is 9.39 Å². The summed E-state index contributed by atoms with van der Waals surface area (Å²) in [5.41, 5.74) is 20.8. The van der Waals surface area contributed by atoms with Crippen LogP contribution in [0.3, 0.4) is 0 Å². The van der Waals surface area contributed by atoms with Crippen molar-refractivity contribution < 1.29 is 13.9 Å². The van der Waals surface area contributed by atoms with Crippen molar-refractivity contribution in [3.05, 3.63) is 75.6 Å². The van der Waals surface area contributed by atoms with Crippen molar-refractivity contribution in [3.8, 4) is 17.2 Å². The number of allylic oxidation sites excluding steroid dienone is 1. The van der Waals surface area contributed by atoms with E-state index in [2.05, 4.69) is 63.6 Å². The third-order valence-corrected chi connectivity index (χ3v) is 12.4. The number of nitrogen functional groups attached to an aromatic ring is 1. The van der Waals surface area contributed by atoms with Gasteiger partial charge in [0, 0.05) is 22.4 Å². The number of fused-ring (bicyclic) bond motifs is 3. The molecule has 0 spiro atoms. The molecule has 0 radical (unpaired) electrons. The zero-order valence-electron chi connectivity index (χ0n) is 33.0. The number of anilines is 1. The SMILES string of the molecule is C=C(N)CN=C(N/C(=C/CCC)OCC12CCCN1CCC2)c1c(C)c(CC)c(-c2ccc(F)c3sc(N)c(C#N)c23)c2c1COC2.CCC(C)C(C)=N. The summed E-state index contributed by atoms with van der Waals surface area (Å²) in [4.78, 5) is 7.58. The van der Waals surface area contributed by atoms with Crippen LogP contribution in [0.15, 0.2) is 41.4 Å². The van der Waals surface area contributed by atoms with Gasteiger partial charge in [0.05, 0.1) is 35.6 Å². The lowest BCUT2D eigenvalue weighted by Crippen LogP contribution is -2.43. The predicted octanol–water partition coefficient (Wildman–Crippen LogP) is 9.23. The second-order valence-electron chi connectivity index (χ2n) is 14.9. The first kappa shape index (κ1) is 40.9. The third-order valence-electron chi connectivity index (χ3n) is 11.3. The summed E-state index contributed by atoms with van der Waals surface area (Å²) in [5, 5.41) is 21.6. The lowest BCUT2D eigenvalue weighted by molar-refractivity contribution is 0.0682. The number of unbranched alkanes of at least 4 members (excludes halogenated alkanes) is 1. The van der Waals surface area contributed by atoms with Gasteiger partial charge in [0.1, 0.15) is 29.3 Å². The van der Waals surface area contributed by atoms with Gasteiger partial charge in [-0.05, 0) is 123 Å². The highest BCUT2D eigenvalue weighted by Crippen LogP contribution is 2.46. The molecule has 1 unspecified atom stereocenters. The molecule has 290 valence electrons. The number of nitrogens with one attached hydrogen (secondary N) is 2. The normalized spacial score (nSPS) is 17.1. The molecule has 4 heterocycles. The standard InChI is InChI=1S/C37H45FN6O2S.C6H13N/c1-5-7-10-30(46-21-37-13-8-15-44(37)16-9-14-37)43-36(42-18-22(3)40)31-23(4)24(6-2)32(28-20-45-19-27(28)31)25-11-12-29(38)34-33(25)26(17-39)35(41)47-34;1-4-5(2)6(3)7/h10-12H,3,5-9,13-16,18-21,40-41H2,1-2,4H3,(H,42,43);5,7H,4H2,1-3H3/b30-10-;. The van der Waals surface area contributed by atoms with Crippen LogP contribution in [0.1, 0.15) is 113 Å². The highest BCUT2D eigenvalue weighted by molar-refractivity contribution is 7.23. The molecule has 0 saturated carbocycles. The molecule has 0 aliphatic carbocycles. The van der Waals surface area contributed by atoms with Gasteiger partial charge in [-0.1, -0.05) is 46.8 Å². The largest absolute Gasteiger partial charge is 0.477 e. The average Bonchev–Trinajstić information content (AvgIpc) is 3.94. The first-order valence-corrected chi connectivity index (χ1v) is 20.3. The van der Waals surface area contributed by atoms with Crippen LogP contribution in [0.5, 0.6) is 0 Å². The summed E-state index contributed by atoms with van der Waals surface area (Å²) in [6, 6.07) is 5.48. The van der Waals surface area contributed by atoms with Crippen LogP contribution < -0.4 is 16.8 Å². The number of rotatable bonds is 13. The molecule has 11 heteroatoms. The second-order valence-corrected chi connectivity index (χ2v) is 16.0. The summed E-state index contributed by atoms with van der Waals surface area (Å²) in [7, 11) is 0. The number of benzene rings is 2. The van der Waals surface area contributed by atoms with Crippen LogP contribution >= 0.6 is 11.3 Å². The average molecular weight is 756 g/mol. The number of nitrogens with zero attached hydrogens (tertiary/aromatic N) is 3. The Morgan fingerprint density at radius 1 is 1.24 bits per heavy atom. The van der Waals surface area contributed by atoms with Crippen molar-refractivity contribution in [2.75, 3.05) is 32.0 Å². The molecule has 1 aromatic heterocycles. The summed E-state index contributed by atoms with van der Waals surface area (Å²) in [5.74, 6) is 1.46.